The van der Waals surface area contributed by atoms with Gasteiger partial charge in [0.25, 0.3) is 0 Å². The number of nitrogens with zero attached hydrogens (tertiary/aromatic N) is 1. The molecular formula is C11H24N2. The van der Waals surface area contributed by atoms with Crippen LogP contribution >= 0.6 is 0 Å². The lowest BCUT2D eigenvalue weighted by Crippen LogP contribution is -2.35. The molecule has 1 aliphatic rings. The molecule has 1 aliphatic heterocycles. The molecule has 2 nitrogen and oxygen atoms in total. The zero-order valence-corrected chi connectivity index (χ0v) is 9.34. The van der Waals surface area contributed by atoms with Gasteiger partial charge in [0.15, 0.2) is 0 Å². The van der Waals surface area contributed by atoms with Gasteiger partial charge in [-0.15, -0.1) is 0 Å². The van der Waals surface area contributed by atoms with E-state index in [9.17, 15) is 0 Å². The molecule has 0 bridgehead atoms. The number of nitrogens with one attached hydrogen (secondary N) is 1. The molecule has 1 N–H and O–H groups in total. The van der Waals surface area contributed by atoms with Crippen LogP contribution in [-0.2, 0) is 0 Å². The van der Waals surface area contributed by atoms with E-state index < -0.39 is 0 Å². The van der Waals surface area contributed by atoms with E-state index in [0.29, 0.717) is 0 Å². The van der Waals surface area contributed by atoms with Crippen molar-refractivity contribution >= 4 is 0 Å². The van der Waals surface area contributed by atoms with Crippen LogP contribution in [0, 0.1) is 11.8 Å². The van der Waals surface area contributed by atoms with Crippen LogP contribution in [0.3, 0.4) is 0 Å². The molecule has 1 heterocycles. The Morgan fingerprint density at radius 1 is 1.31 bits per heavy atom. The van der Waals surface area contributed by atoms with E-state index in [1.165, 1.54) is 39.0 Å². The molecule has 1 rings (SSSR count). The van der Waals surface area contributed by atoms with E-state index in [0.717, 1.165) is 11.8 Å². The molecule has 13 heavy (non-hydrogen) atoms. The van der Waals surface area contributed by atoms with Crippen molar-refractivity contribution in [3.8, 4) is 0 Å². The highest BCUT2D eigenvalue weighted by molar-refractivity contribution is 4.71. The first kappa shape index (κ1) is 11.0. The average Bonchev–Trinajstić information content (AvgIpc) is 2.04. The van der Waals surface area contributed by atoms with Crippen LogP contribution < -0.4 is 5.32 Å². The van der Waals surface area contributed by atoms with Gasteiger partial charge in [-0.2, -0.15) is 0 Å². The van der Waals surface area contributed by atoms with E-state index >= 15 is 0 Å². The van der Waals surface area contributed by atoms with Crippen molar-refractivity contribution in [3.63, 3.8) is 0 Å². The topological polar surface area (TPSA) is 15.3 Å². The molecule has 0 aromatic rings. The van der Waals surface area contributed by atoms with E-state index in [1.54, 1.807) is 0 Å². The first-order chi connectivity index (χ1) is 6.18. The molecule has 0 radical (unpaired) electrons. The first-order valence-corrected chi connectivity index (χ1v) is 5.57. The van der Waals surface area contributed by atoms with Crippen LogP contribution in [0.25, 0.3) is 0 Å². The molecule has 1 saturated heterocycles. The van der Waals surface area contributed by atoms with Gasteiger partial charge < -0.3 is 10.2 Å². The van der Waals surface area contributed by atoms with Gasteiger partial charge in [-0.05, 0) is 44.8 Å². The van der Waals surface area contributed by atoms with Gasteiger partial charge in [-0.1, -0.05) is 13.8 Å². The maximum absolute atomic E-state index is 3.41. The number of piperidine rings is 1. The van der Waals surface area contributed by atoms with Gasteiger partial charge >= 0.3 is 0 Å². The highest BCUT2D eigenvalue weighted by Gasteiger charge is 2.14. The maximum atomic E-state index is 3.41. The summed E-state index contributed by atoms with van der Waals surface area (Å²) in [4.78, 5) is 2.49. The third-order valence-electron chi connectivity index (χ3n) is 2.71. The molecule has 0 spiro atoms. The van der Waals surface area contributed by atoms with Gasteiger partial charge in [0.05, 0.1) is 0 Å². The lowest BCUT2D eigenvalue weighted by Gasteiger charge is -2.28. The Kier molecular flexibility index (Phi) is 4.74. The van der Waals surface area contributed by atoms with Crippen molar-refractivity contribution in [2.75, 3.05) is 33.2 Å². The van der Waals surface area contributed by atoms with Crippen LogP contribution in [-0.4, -0.2) is 38.1 Å². The van der Waals surface area contributed by atoms with Crippen molar-refractivity contribution in [1.29, 1.82) is 0 Å². The minimum atomic E-state index is 0.798. The van der Waals surface area contributed by atoms with Crippen molar-refractivity contribution in [2.24, 2.45) is 11.8 Å². The molecule has 0 saturated carbocycles. The normalized spacial score (nSPS) is 20.1. The second-order valence-corrected chi connectivity index (χ2v) is 4.81. The molecule has 0 atom stereocenters. The van der Waals surface area contributed by atoms with Crippen LogP contribution in [0.15, 0.2) is 0 Å². The smallest absolute Gasteiger partial charge is 0.000767 e. The lowest BCUT2D eigenvalue weighted by molar-refractivity contribution is 0.222. The van der Waals surface area contributed by atoms with Crippen LogP contribution in [0.2, 0.25) is 0 Å². The Hall–Kier alpha value is -0.0800. The van der Waals surface area contributed by atoms with Crippen LogP contribution in [0.4, 0.5) is 0 Å². The van der Waals surface area contributed by atoms with Crippen molar-refractivity contribution in [2.45, 2.75) is 26.7 Å². The fourth-order valence-corrected chi connectivity index (χ4v) is 2.20. The second kappa shape index (κ2) is 5.61. The minimum Gasteiger partial charge on any atom is -0.317 e. The van der Waals surface area contributed by atoms with Crippen molar-refractivity contribution in [3.05, 3.63) is 0 Å². The fraction of sp³-hybridized carbons (Fsp3) is 1.00. The predicted molar refractivity (Wildman–Crippen MR) is 57.9 cm³/mol. The molecule has 0 amide bonds. The maximum Gasteiger partial charge on any atom is 0.000767 e. The van der Waals surface area contributed by atoms with Gasteiger partial charge in [0.1, 0.15) is 0 Å². The summed E-state index contributed by atoms with van der Waals surface area (Å²) in [6, 6.07) is 0. The molecule has 78 valence electrons. The summed E-state index contributed by atoms with van der Waals surface area (Å²) in [6.45, 7) is 9.56. The van der Waals surface area contributed by atoms with Crippen LogP contribution in [0.1, 0.15) is 26.7 Å². The fourth-order valence-electron chi connectivity index (χ4n) is 2.20. The van der Waals surface area contributed by atoms with Crippen molar-refractivity contribution < 1.29 is 0 Å². The summed E-state index contributed by atoms with van der Waals surface area (Å²) in [7, 11) is 2.25. The SMILES string of the molecule is CC(C)CN(C)CC1CCNCC1. The zero-order valence-electron chi connectivity index (χ0n) is 9.34. The summed E-state index contributed by atoms with van der Waals surface area (Å²) < 4.78 is 0. The number of hydrogen-bond acceptors (Lipinski definition) is 2. The lowest BCUT2D eigenvalue weighted by atomic mass is 9.97. The minimum absolute atomic E-state index is 0.798. The molecule has 1 fully saturated rings. The molecule has 0 aliphatic carbocycles. The molecular weight excluding hydrogens is 160 g/mol. The Morgan fingerprint density at radius 3 is 2.46 bits per heavy atom. The third kappa shape index (κ3) is 4.63. The summed E-state index contributed by atoms with van der Waals surface area (Å²) >= 11 is 0. The van der Waals surface area contributed by atoms with Gasteiger partial charge in [-0.25, -0.2) is 0 Å². The van der Waals surface area contributed by atoms with Crippen LogP contribution in [0.5, 0.6) is 0 Å². The monoisotopic (exact) mass is 184 g/mol. The Labute approximate surface area is 82.7 Å². The first-order valence-electron chi connectivity index (χ1n) is 5.57. The van der Waals surface area contributed by atoms with E-state index in [1.807, 2.05) is 0 Å². The highest BCUT2D eigenvalue weighted by Crippen LogP contribution is 2.13. The third-order valence-corrected chi connectivity index (χ3v) is 2.71. The van der Waals surface area contributed by atoms with E-state index in [4.69, 9.17) is 0 Å². The Bertz CT molecular complexity index is 128. The largest absolute Gasteiger partial charge is 0.317 e. The van der Waals surface area contributed by atoms with Crippen molar-refractivity contribution in [1.82, 2.24) is 10.2 Å². The van der Waals surface area contributed by atoms with E-state index in [2.05, 4.69) is 31.1 Å². The summed E-state index contributed by atoms with van der Waals surface area (Å²) in [6.07, 6.45) is 2.73. The Morgan fingerprint density at radius 2 is 1.92 bits per heavy atom. The highest BCUT2D eigenvalue weighted by atomic mass is 15.1. The average molecular weight is 184 g/mol. The second-order valence-electron chi connectivity index (χ2n) is 4.81. The molecule has 2 heteroatoms. The van der Waals surface area contributed by atoms with Gasteiger partial charge in [0, 0.05) is 13.1 Å². The molecule has 0 aromatic carbocycles. The Balaban J connectivity index is 2.14. The summed E-state index contributed by atoms with van der Waals surface area (Å²) in [5, 5.41) is 3.41. The molecule has 0 aromatic heterocycles. The quantitative estimate of drug-likeness (QED) is 0.713. The summed E-state index contributed by atoms with van der Waals surface area (Å²) in [5.74, 6) is 1.73. The van der Waals surface area contributed by atoms with Gasteiger partial charge in [0.2, 0.25) is 0 Å². The predicted octanol–water partition coefficient (Wildman–Crippen LogP) is 1.57. The standard InChI is InChI=1S/C11H24N2/c1-10(2)8-13(3)9-11-4-6-12-7-5-11/h10-12H,4-9H2,1-3H3. The zero-order chi connectivity index (χ0) is 9.68. The van der Waals surface area contributed by atoms with Gasteiger partial charge in [-0.3, -0.25) is 0 Å². The molecule has 0 unspecified atom stereocenters. The van der Waals surface area contributed by atoms with E-state index in [-0.39, 0.29) is 0 Å². The summed E-state index contributed by atoms with van der Waals surface area (Å²) in [5.41, 5.74) is 0. The number of hydrogen-bond donors (Lipinski definition) is 1. The number of rotatable bonds is 4.